The van der Waals surface area contributed by atoms with Crippen LogP contribution in [-0.4, -0.2) is 61.6 Å². The predicted molar refractivity (Wildman–Crippen MR) is 127 cm³/mol. The molecule has 0 bridgehead atoms. The Bertz CT molecular complexity index is 1080. The standard InChI is InChI=1S/C27H37NO7/c1-14-7-8-20-25(2,3)23(33)19(30)12-26(20,4)27(14)11-16-18(29)10-15-17(22(16)35-27)13-28(24(15)34)9-5-6-21(31)32/h10,14,19-20,23,29-30,33H,5-9,11-13H2,1-4H3,(H,31,32). The molecule has 35 heavy (non-hydrogen) atoms. The van der Waals surface area contributed by atoms with Gasteiger partial charge < -0.3 is 30.1 Å². The van der Waals surface area contributed by atoms with E-state index < -0.39 is 34.6 Å². The van der Waals surface area contributed by atoms with Crippen LogP contribution in [-0.2, 0) is 17.8 Å². The van der Waals surface area contributed by atoms with E-state index in [9.17, 15) is 24.9 Å². The number of amides is 1. The lowest BCUT2D eigenvalue weighted by Crippen LogP contribution is -2.69. The Morgan fingerprint density at radius 1 is 1.20 bits per heavy atom. The maximum atomic E-state index is 13.1. The minimum atomic E-state index is -0.894. The fraction of sp³-hybridized carbons (Fsp3) is 0.704. The van der Waals surface area contributed by atoms with Gasteiger partial charge >= 0.3 is 5.97 Å². The Morgan fingerprint density at radius 3 is 2.60 bits per heavy atom. The van der Waals surface area contributed by atoms with Crippen molar-refractivity contribution in [1.82, 2.24) is 4.90 Å². The molecule has 2 fully saturated rings. The second-order valence-corrected chi connectivity index (χ2v) is 12.1. The molecule has 8 nitrogen and oxygen atoms in total. The predicted octanol–water partition coefficient (Wildman–Crippen LogP) is 3.09. The van der Waals surface area contributed by atoms with Crippen molar-refractivity contribution in [1.29, 1.82) is 0 Å². The second-order valence-electron chi connectivity index (χ2n) is 12.1. The second kappa shape index (κ2) is 7.84. The number of carboxylic acids is 1. The average molecular weight is 488 g/mol. The van der Waals surface area contributed by atoms with Gasteiger partial charge in [-0.1, -0.05) is 27.7 Å². The van der Waals surface area contributed by atoms with Gasteiger partial charge in [0.1, 0.15) is 17.1 Å². The fourth-order valence-corrected chi connectivity index (χ4v) is 8.06. The van der Waals surface area contributed by atoms with Gasteiger partial charge in [0, 0.05) is 35.9 Å². The molecule has 1 spiro atoms. The Hall–Kier alpha value is -2.32. The zero-order valence-electron chi connectivity index (χ0n) is 21.0. The molecule has 1 aromatic carbocycles. The number of rotatable bonds is 4. The third-order valence-electron chi connectivity index (χ3n) is 9.95. The molecule has 5 rings (SSSR count). The van der Waals surface area contributed by atoms with Gasteiger partial charge in [0.2, 0.25) is 0 Å². The third kappa shape index (κ3) is 3.25. The van der Waals surface area contributed by atoms with E-state index in [1.165, 1.54) is 6.07 Å². The van der Waals surface area contributed by atoms with Gasteiger partial charge in [-0.15, -0.1) is 0 Å². The molecule has 6 unspecified atom stereocenters. The molecule has 0 aromatic heterocycles. The maximum Gasteiger partial charge on any atom is 0.303 e. The van der Waals surface area contributed by atoms with Crippen molar-refractivity contribution < 1.29 is 34.8 Å². The van der Waals surface area contributed by atoms with E-state index in [-0.39, 0.29) is 29.9 Å². The molecule has 192 valence electrons. The highest BCUT2D eigenvalue weighted by atomic mass is 16.5. The number of aliphatic hydroxyl groups is 2. The van der Waals surface area contributed by atoms with Crippen LogP contribution in [0.5, 0.6) is 11.5 Å². The average Bonchev–Trinajstić information content (AvgIpc) is 3.32. The van der Waals surface area contributed by atoms with Crippen molar-refractivity contribution in [2.75, 3.05) is 6.54 Å². The number of ether oxygens (including phenoxy) is 1. The summed E-state index contributed by atoms with van der Waals surface area (Å²) in [4.78, 5) is 25.6. The summed E-state index contributed by atoms with van der Waals surface area (Å²) < 4.78 is 6.93. The Labute approximate surface area is 205 Å². The number of hydrogen-bond donors (Lipinski definition) is 4. The van der Waals surface area contributed by atoms with Crippen LogP contribution < -0.4 is 4.74 Å². The first-order valence-electron chi connectivity index (χ1n) is 12.8. The number of carbonyl (C=O) groups excluding carboxylic acids is 1. The number of phenolic OH excluding ortho intramolecular Hbond substituents is 1. The van der Waals surface area contributed by atoms with Crippen LogP contribution >= 0.6 is 0 Å². The lowest BCUT2D eigenvalue weighted by atomic mass is 9.43. The normalized spacial score (nSPS) is 37.1. The summed E-state index contributed by atoms with van der Waals surface area (Å²) in [6, 6.07) is 1.53. The number of aromatic hydroxyl groups is 1. The molecule has 1 aromatic rings. The molecule has 4 aliphatic rings. The van der Waals surface area contributed by atoms with E-state index in [0.717, 1.165) is 18.4 Å². The van der Waals surface area contributed by atoms with Crippen LogP contribution in [0.4, 0.5) is 0 Å². The number of phenols is 1. The lowest BCUT2D eigenvalue weighted by Gasteiger charge is -2.64. The molecule has 8 heteroatoms. The van der Waals surface area contributed by atoms with Gasteiger partial charge in [-0.25, -0.2) is 0 Å². The van der Waals surface area contributed by atoms with E-state index in [1.54, 1.807) is 4.90 Å². The van der Waals surface area contributed by atoms with Crippen LogP contribution in [0, 0.1) is 22.7 Å². The first-order valence-corrected chi connectivity index (χ1v) is 12.8. The quantitative estimate of drug-likeness (QED) is 0.514. The number of carboxylic acid groups (broad SMARTS) is 1. The minimum absolute atomic E-state index is 0.00961. The zero-order chi connectivity index (χ0) is 25.5. The molecule has 0 saturated heterocycles. The summed E-state index contributed by atoms with van der Waals surface area (Å²) in [5, 5.41) is 41.7. The van der Waals surface area contributed by atoms with E-state index in [1.807, 2.05) is 13.8 Å². The highest BCUT2D eigenvalue weighted by Gasteiger charge is 2.68. The first kappa shape index (κ1) is 24.4. The molecule has 4 N–H and O–H groups in total. The molecular formula is C27H37NO7. The summed E-state index contributed by atoms with van der Waals surface area (Å²) in [6.07, 6.45) is 1.39. The van der Waals surface area contributed by atoms with Crippen molar-refractivity contribution in [3.05, 3.63) is 22.8 Å². The smallest absolute Gasteiger partial charge is 0.303 e. The van der Waals surface area contributed by atoms with Gasteiger partial charge in [0.05, 0.1) is 24.3 Å². The maximum absolute atomic E-state index is 13.1. The van der Waals surface area contributed by atoms with Crippen molar-refractivity contribution >= 4 is 11.9 Å². The van der Waals surface area contributed by atoms with E-state index >= 15 is 0 Å². The van der Waals surface area contributed by atoms with Gasteiger partial charge in [-0.05, 0) is 49.0 Å². The molecule has 2 heterocycles. The lowest BCUT2D eigenvalue weighted by molar-refractivity contribution is -0.240. The zero-order valence-corrected chi connectivity index (χ0v) is 21.0. The topological polar surface area (TPSA) is 128 Å². The molecule has 0 radical (unpaired) electrons. The molecule has 2 aliphatic heterocycles. The van der Waals surface area contributed by atoms with Crippen LogP contribution in [0.25, 0.3) is 0 Å². The van der Waals surface area contributed by atoms with E-state index in [4.69, 9.17) is 9.84 Å². The monoisotopic (exact) mass is 487 g/mol. The minimum Gasteiger partial charge on any atom is -0.508 e. The SMILES string of the molecule is CC1CCC2C(C)(C)C(O)C(O)CC2(C)C12Cc1c(O)cc3c(c1O2)CN(CCCC(=O)O)C3=O. The van der Waals surface area contributed by atoms with Gasteiger partial charge in [0.25, 0.3) is 5.91 Å². The number of hydrogen-bond acceptors (Lipinski definition) is 6. The van der Waals surface area contributed by atoms with Gasteiger partial charge in [0.15, 0.2) is 0 Å². The van der Waals surface area contributed by atoms with Crippen LogP contribution in [0.3, 0.4) is 0 Å². The van der Waals surface area contributed by atoms with Crippen molar-refractivity contribution in [2.24, 2.45) is 22.7 Å². The Morgan fingerprint density at radius 2 is 1.91 bits per heavy atom. The number of aliphatic carboxylic acids is 1. The van der Waals surface area contributed by atoms with Crippen molar-refractivity contribution in [3.63, 3.8) is 0 Å². The Kier molecular flexibility index (Phi) is 5.46. The van der Waals surface area contributed by atoms with Crippen molar-refractivity contribution in [3.8, 4) is 11.5 Å². The number of carbonyl (C=O) groups is 2. The summed E-state index contributed by atoms with van der Waals surface area (Å²) in [5.74, 6) is -0.233. The molecule has 2 aliphatic carbocycles. The number of nitrogens with zero attached hydrogens (tertiary/aromatic N) is 1. The van der Waals surface area contributed by atoms with Crippen molar-refractivity contribution in [2.45, 2.75) is 90.6 Å². The molecule has 2 saturated carbocycles. The molecule has 1 amide bonds. The highest BCUT2D eigenvalue weighted by molar-refractivity contribution is 6.00. The third-order valence-corrected chi connectivity index (χ3v) is 9.95. The van der Waals surface area contributed by atoms with E-state index in [2.05, 4.69) is 13.8 Å². The summed E-state index contributed by atoms with van der Waals surface area (Å²) in [5.41, 5.74) is 0.245. The summed E-state index contributed by atoms with van der Waals surface area (Å²) in [6.45, 7) is 9.03. The summed E-state index contributed by atoms with van der Waals surface area (Å²) in [7, 11) is 0. The van der Waals surface area contributed by atoms with Crippen LogP contribution in [0.1, 0.15) is 81.3 Å². The van der Waals surface area contributed by atoms with E-state index in [0.29, 0.717) is 49.2 Å². The van der Waals surface area contributed by atoms with Crippen LogP contribution in [0.2, 0.25) is 0 Å². The Balaban J connectivity index is 1.53. The fourth-order valence-electron chi connectivity index (χ4n) is 8.06. The summed E-state index contributed by atoms with van der Waals surface area (Å²) >= 11 is 0. The number of aliphatic hydroxyl groups excluding tert-OH is 2. The number of benzene rings is 1. The number of fused-ring (bicyclic) bond motifs is 5. The largest absolute Gasteiger partial charge is 0.508 e. The van der Waals surface area contributed by atoms with Gasteiger partial charge in [-0.3, -0.25) is 9.59 Å². The molecule has 6 atom stereocenters. The highest BCUT2D eigenvalue weighted by Crippen LogP contribution is 2.67. The first-order chi connectivity index (χ1) is 16.3. The molecular weight excluding hydrogens is 450 g/mol. The van der Waals surface area contributed by atoms with Crippen LogP contribution in [0.15, 0.2) is 6.07 Å². The van der Waals surface area contributed by atoms with Gasteiger partial charge in [-0.2, -0.15) is 0 Å².